The zero-order valence-electron chi connectivity index (χ0n) is 19.4. The molecule has 3 aromatic carbocycles. The molecule has 0 bridgehead atoms. The molecule has 0 unspecified atom stereocenters. The summed E-state index contributed by atoms with van der Waals surface area (Å²) >= 11 is 6.55. The van der Waals surface area contributed by atoms with Gasteiger partial charge in [0, 0.05) is 40.6 Å². The van der Waals surface area contributed by atoms with E-state index >= 15 is 0 Å². The molecule has 0 saturated heterocycles. The van der Waals surface area contributed by atoms with Gasteiger partial charge in [-0.3, -0.25) is 9.59 Å². The third kappa shape index (κ3) is 4.98. The van der Waals surface area contributed by atoms with Crippen LogP contribution < -0.4 is 16.0 Å². The van der Waals surface area contributed by atoms with Crippen LogP contribution in [-0.2, 0) is 11.3 Å². The zero-order chi connectivity index (χ0) is 24.2. The summed E-state index contributed by atoms with van der Waals surface area (Å²) in [7, 11) is 3.99. The Morgan fingerprint density at radius 3 is 2.44 bits per heavy atom. The second-order valence-corrected chi connectivity index (χ2v) is 8.77. The van der Waals surface area contributed by atoms with Gasteiger partial charge in [-0.1, -0.05) is 54.1 Å². The van der Waals surface area contributed by atoms with E-state index in [0.29, 0.717) is 34.1 Å². The molecule has 0 spiro atoms. The molecule has 6 nitrogen and oxygen atoms in total. The number of nitrogens with one attached hydrogen (secondary N) is 3. The standard InChI is InChI=1S/C27H27ClN4O2/c1-4-29-26(33)18-11-13-21-23(14-18)31-27(34)24(21)25(17-8-6-5-7-9-17)30-20-12-10-19(16-32(2)3)22(28)15-20/h5-15,30H,4,16H2,1-3H3,(H,29,33)(H,31,34)/b25-24-. The highest BCUT2D eigenvalue weighted by Crippen LogP contribution is 2.38. The Balaban J connectivity index is 1.79. The number of anilines is 2. The lowest BCUT2D eigenvalue weighted by Gasteiger charge is -2.17. The number of amides is 2. The maximum atomic E-state index is 13.1. The van der Waals surface area contributed by atoms with Gasteiger partial charge in [0.1, 0.15) is 0 Å². The van der Waals surface area contributed by atoms with Crippen LogP contribution in [0.25, 0.3) is 11.3 Å². The Morgan fingerprint density at radius 1 is 1.00 bits per heavy atom. The van der Waals surface area contributed by atoms with E-state index < -0.39 is 0 Å². The lowest BCUT2D eigenvalue weighted by molar-refractivity contribution is -0.110. The van der Waals surface area contributed by atoms with E-state index in [-0.39, 0.29) is 11.8 Å². The molecule has 0 saturated carbocycles. The van der Waals surface area contributed by atoms with Gasteiger partial charge < -0.3 is 20.9 Å². The molecule has 1 aliphatic rings. The van der Waals surface area contributed by atoms with Gasteiger partial charge in [0.05, 0.1) is 11.3 Å². The molecule has 3 N–H and O–H groups in total. The van der Waals surface area contributed by atoms with Crippen molar-refractivity contribution in [1.82, 2.24) is 10.2 Å². The van der Waals surface area contributed by atoms with Gasteiger partial charge in [-0.15, -0.1) is 0 Å². The molecule has 0 radical (unpaired) electrons. The van der Waals surface area contributed by atoms with Crippen molar-refractivity contribution >= 4 is 46.1 Å². The number of benzene rings is 3. The summed E-state index contributed by atoms with van der Waals surface area (Å²) in [4.78, 5) is 27.5. The van der Waals surface area contributed by atoms with Crippen LogP contribution in [-0.4, -0.2) is 37.4 Å². The number of rotatable bonds is 7. The SMILES string of the molecule is CCNC(=O)c1ccc2c(c1)NC(=O)/C2=C(\Nc1ccc(CN(C)C)c(Cl)c1)c1ccccc1. The van der Waals surface area contributed by atoms with Crippen molar-refractivity contribution in [3.05, 3.63) is 94.0 Å². The van der Waals surface area contributed by atoms with E-state index in [1.807, 2.05) is 75.6 Å². The molecule has 7 heteroatoms. The first-order chi connectivity index (χ1) is 16.4. The first-order valence-electron chi connectivity index (χ1n) is 11.1. The van der Waals surface area contributed by atoms with E-state index in [9.17, 15) is 9.59 Å². The minimum atomic E-state index is -0.232. The Kier molecular flexibility index (Phi) is 7.01. The van der Waals surface area contributed by atoms with Crippen molar-refractivity contribution in [2.24, 2.45) is 0 Å². The average molecular weight is 475 g/mol. The van der Waals surface area contributed by atoms with Crippen LogP contribution in [0.4, 0.5) is 11.4 Å². The van der Waals surface area contributed by atoms with Crippen LogP contribution >= 0.6 is 11.6 Å². The second-order valence-electron chi connectivity index (χ2n) is 8.36. The monoisotopic (exact) mass is 474 g/mol. The molecule has 174 valence electrons. The zero-order valence-corrected chi connectivity index (χ0v) is 20.2. The molecule has 0 aliphatic carbocycles. The van der Waals surface area contributed by atoms with Crippen LogP contribution in [0.3, 0.4) is 0 Å². The van der Waals surface area contributed by atoms with Crippen LogP contribution in [0.2, 0.25) is 5.02 Å². The fraction of sp³-hybridized carbons (Fsp3) is 0.185. The van der Waals surface area contributed by atoms with Gasteiger partial charge in [0.2, 0.25) is 0 Å². The number of fused-ring (bicyclic) bond motifs is 1. The molecular formula is C27H27ClN4O2. The first kappa shape index (κ1) is 23.5. The molecule has 4 rings (SSSR count). The predicted molar refractivity (Wildman–Crippen MR) is 139 cm³/mol. The van der Waals surface area contributed by atoms with Crippen molar-refractivity contribution in [3.8, 4) is 0 Å². The van der Waals surface area contributed by atoms with Crippen LogP contribution in [0.1, 0.15) is 34.0 Å². The number of hydrogen-bond acceptors (Lipinski definition) is 4. The summed E-state index contributed by atoms with van der Waals surface area (Å²) in [5.41, 5.74) is 5.68. The van der Waals surface area contributed by atoms with Crippen LogP contribution in [0, 0.1) is 0 Å². The number of hydrogen-bond donors (Lipinski definition) is 3. The van der Waals surface area contributed by atoms with Crippen molar-refractivity contribution in [2.75, 3.05) is 31.3 Å². The molecule has 1 aliphatic heterocycles. The minimum absolute atomic E-state index is 0.175. The third-order valence-corrected chi connectivity index (χ3v) is 5.84. The number of halogens is 1. The Bertz CT molecular complexity index is 1270. The maximum absolute atomic E-state index is 13.1. The molecule has 0 aromatic heterocycles. The van der Waals surface area contributed by atoms with Gasteiger partial charge >= 0.3 is 0 Å². The molecule has 0 fully saturated rings. The van der Waals surface area contributed by atoms with E-state index in [1.165, 1.54) is 0 Å². The normalized spacial score (nSPS) is 14.0. The second kappa shape index (κ2) is 10.1. The van der Waals surface area contributed by atoms with E-state index in [0.717, 1.165) is 28.9 Å². The van der Waals surface area contributed by atoms with Crippen molar-refractivity contribution in [1.29, 1.82) is 0 Å². The highest BCUT2D eigenvalue weighted by Gasteiger charge is 2.29. The van der Waals surface area contributed by atoms with Crippen LogP contribution in [0.15, 0.2) is 66.7 Å². The van der Waals surface area contributed by atoms with Crippen molar-refractivity contribution < 1.29 is 9.59 Å². The summed E-state index contributed by atoms with van der Waals surface area (Å²) in [6.07, 6.45) is 0. The summed E-state index contributed by atoms with van der Waals surface area (Å²) in [6.45, 7) is 3.13. The lowest BCUT2D eigenvalue weighted by atomic mass is 9.98. The Labute approximate surface area is 204 Å². The van der Waals surface area contributed by atoms with Crippen LogP contribution in [0.5, 0.6) is 0 Å². The van der Waals surface area contributed by atoms with Crippen molar-refractivity contribution in [2.45, 2.75) is 13.5 Å². The molecule has 0 atom stereocenters. The highest BCUT2D eigenvalue weighted by molar-refractivity contribution is 6.37. The van der Waals surface area contributed by atoms with Gasteiger partial charge in [-0.25, -0.2) is 0 Å². The first-order valence-corrected chi connectivity index (χ1v) is 11.5. The number of nitrogens with zero attached hydrogens (tertiary/aromatic N) is 1. The molecule has 2 amide bonds. The molecule has 1 heterocycles. The summed E-state index contributed by atoms with van der Waals surface area (Å²) < 4.78 is 0. The van der Waals surface area contributed by atoms with Gasteiger partial charge in [-0.2, -0.15) is 0 Å². The molecule has 3 aromatic rings. The van der Waals surface area contributed by atoms with E-state index in [2.05, 4.69) is 20.9 Å². The topological polar surface area (TPSA) is 73.5 Å². The largest absolute Gasteiger partial charge is 0.354 e. The van der Waals surface area contributed by atoms with Gasteiger partial charge in [0.15, 0.2) is 0 Å². The van der Waals surface area contributed by atoms with Crippen molar-refractivity contribution in [3.63, 3.8) is 0 Å². The Hall–Kier alpha value is -3.61. The summed E-state index contributed by atoms with van der Waals surface area (Å²) in [5.74, 6) is -0.407. The maximum Gasteiger partial charge on any atom is 0.258 e. The number of carbonyl (C=O) groups excluding carboxylic acids is 2. The smallest absolute Gasteiger partial charge is 0.258 e. The summed E-state index contributed by atoms with van der Waals surface area (Å²) in [6, 6.07) is 20.8. The quantitative estimate of drug-likeness (QED) is 0.417. The minimum Gasteiger partial charge on any atom is -0.354 e. The van der Waals surface area contributed by atoms with Gasteiger partial charge in [-0.05, 0) is 56.4 Å². The average Bonchev–Trinajstić information content (AvgIpc) is 3.14. The number of carbonyl (C=O) groups is 2. The van der Waals surface area contributed by atoms with E-state index in [4.69, 9.17) is 11.6 Å². The molecule has 34 heavy (non-hydrogen) atoms. The van der Waals surface area contributed by atoms with E-state index in [1.54, 1.807) is 12.1 Å². The third-order valence-electron chi connectivity index (χ3n) is 5.49. The fourth-order valence-electron chi connectivity index (χ4n) is 3.95. The predicted octanol–water partition coefficient (Wildman–Crippen LogP) is 5.08. The fourth-order valence-corrected chi connectivity index (χ4v) is 4.19. The lowest BCUT2D eigenvalue weighted by Crippen LogP contribution is -2.22. The Morgan fingerprint density at radius 2 is 1.76 bits per heavy atom. The van der Waals surface area contributed by atoms with Gasteiger partial charge in [0.25, 0.3) is 11.8 Å². The highest BCUT2D eigenvalue weighted by atomic mass is 35.5. The summed E-state index contributed by atoms with van der Waals surface area (Å²) in [5, 5.41) is 9.78. The molecular weight excluding hydrogens is 448 g/mol.